The molecule has 5 heteroatoms. The number of halogens is 1. The van der Waals surface area contributed by atoms with Gasteiger partial charge in [-0.25, -0.2) is 0 Å². The van der Waals surface area contributed by atoms with Crippen LogP contribution in [0.1, 0.15) is 45.4 Å². The van der Waals surface area contributed by atoms with Crippen LogP contribution in [-0.2, 0) is 6.54 Å². The highest BCUT2D eigenvalue weighted by Crippen LogP contribution is 2.13. The lowest BCUT2D eigenvalue weighted by Crippen LogP contribution is -1.93. The van der Waals surface area contributed by atoms with Crippen LogP contribution in [-0.4, -0.2) is 8.33 Å². The van der Waals surface area contributed by atoms with E-state index in [0.717, 1.165) is 6.54 Å². The fraction of sp³-hybridized carbons (Fsp3) is 0.800. The molecule has 0 amide bonds. The highest BCUT2D eigenvalue weighted by atomic mass is 35.5. The van der Waals surface area contributed by atoms with E-state index >= 15 is 0 Å². The fourth-order valence-corrected chi connectivity index (χ4v) is 2.61. The molecule has 0 aliphatic heterocycles. The number of rotatable bonds is 7. The van der Waals surface area contributed by atoms with Crippen LogP contribution in [0, 0.1) is 4.64 Å². The maximum absolute atomic E-state index is 5.79. The lowest BCUT2D eigenvalue weighted by Gasteiger charge is -2.00. The summed E-state index contributed by atoms with van der Waals surface area (Å²) in [6.07, 6.45) is 7.79. The van der Waals surface area contributed by atoms with Gasteiger partial charge in [0.1, 0.15) is 0 Å². The number of hydrogen-bond acceptors (Lipinski definition) is 3. The van der Waals surface area contributed by atoms with E-state index in [1.54, 1.807) is 0 Å². The first kappa shape index (κ1) is 13.1. The minimum atomic E-state index is 0.473. The molecule has 0 aliphatic rings. The van der Waals surface area contributed by atoms with Gasteiger partial charge in [-0.3, -0.25) is 3.96 Å². The second-order valence-corrected chi connectivity index (χ2v) is 5.17. The molecule has 0 aliphatic carbocycles. The largest absolute Gasteiger partial charge is 0.270 e. The third-order valence-corrected chi connectivity index (χ3v) is 4.17. The standard InChI is InChI=1S/C10H17ClN2S2/c1-2-3-4-5-6-7-8-13-10(14)9(11)12-15-13/h2-8H2,1H3. The van der Waals surface area contributed by atoms with Crippen molar-refractivity contribution in [3.05, 3.63) is 9.79 Å². The van der Waals surface area contributed by atoms with Gasteiger partial charge in [0.2, 0.25) is 0 Å². The van der Waals surface area contributed by atoms with E-state index in [1.807, 2.05) is 3.96 Å². The van der Waals surface area contributed by atoms with Crippen molar-refractivity contribution >= 4 is 35.5 Å². The molecule has 0 fully saturated rings. The van der Waals surface area contributed by atoms with Crippen molar-refractivity contribution in [2.45, 2.75) is 52.0 Å². The maximum Gasteiger partial charge on any atom is 0.179 e. The molecule has 1 heterocycles. The zero-order chi connectivity index (χ0) is 11.1. The molecule has 15 heavy (non-hydrogen) atoms. The van der Waals surface area contributed by atoms with E-state index in [-0.39, 0.29) is 0 Å². The number of aromatic nitrogens is 2. The first-order chi connectivity index (χ1) is 7.25. The first-order valence-electron chi connectivity index (χ1n) is 5.48. The van der Waals surface area contributed by atoms with Crippen LogP contribution in [0.15, 0.2) is 0 Å². The van der Waals surface area contributed by atoms with Crippen molar-refractivity contribution in [3.63, 3.8) is 0 Å². The highest BCUT2D eigenvalue weighted by molar-refractivity contribution is 7.71. The lowest BCUT2D eigenvalue weighted by atomic mass is 10.1. The minimum Gasteiger partial charge on any atom is -0.270 e. The quantitative estimate of drug-likeness (QED) is 0.525. The minimum absolute atomic E-state index is 0.473. The molecule has 1 rings (SSSR count). The Morgan fingerprint density at radius 1 is 1.27 bits per heavy atom. The molecule has 0 atom stereocenters. The van der Waals surface area contributed by atoms with E-state index in [2.05, 4.69) is 11.3 Å². The zero-order valence-electron chi connectivity index (χ0n) is 9.04. The summed E-state index contributed by atoms with van der Waals surface area (Å²) < 4.78 is 6.70. The molecule has 0 saturated carbocycles. The third-order valence-electron chi connectivity index (χ3n) is 2.34. The van der Waals surface area contributed by atoms with Crippen LogP contribution in [0.25, 0.3) is 0 Å². The van der Waals surface area contributed by atoms with Crippen molar-refractivity contribution in [2.75, 3.05) is 0 Å². The fourth-order valence-electron chi connectivity index (χ4n) is 1.44. The second-order valence-electron chi connectivity index (χ2n) is 3.64. The van der Waals surface area contributed by atoms with Crippen LogP contribution in [0.4, 0.5) is 0 Å². The molecule has 86 valence electrons. The molecule has 1 aromatic heterocycles. The molecule has 0 unspecified atom stereocenters. The van der Waals surface area contributed by atoms with Crippen LogP contribution in [0.2, 0.25) is 5.15 Å². The molecule has 0 aromatic carbocycles. The topological polar surface area (TPSA) is 17.8 Å². The van der Waals surface area contributed by atoms with Crippen molar-refractivity contribution in [1.29, 1.82) is 0 Å². The molecular formula is C10H17ClN2S2. The predicted octanol–water partition coefficient (Wildman–Crippen LogP) is 4.69. The molecule has 0 radical (unpaired) electrons. The SMILES string of the molecule is CCCCCCCCn1snc(Cl)c1=S. The first-order valence-corrected chi connectivity index (χ1v) is 7.00. The van der Waals surface area contributed by atoms with Crippen LogP contribution in [0.3, 0.4) is 0 Å². The Morgan fingerprint density at radius 3 is 2.53 bits per heavy atom. The van der Waals surface area contributed by atoms with E-state index < -0.39 is 0 Å². The van der Waals surface area contributed by atoms with Gasteiger partial charge in [-0.15, -0.1) is 0 Å². The summed E-state index contributed by atoms with van der Waals surface area (Å²) in [6.45, 7) is 3.20. The molecule has 0 spiro atoms. The number of aryl methyl sites for hydroxylation is 1. The van der Waals surface area contributed by atoms with Gasteiger partial charge in [-0.2, -0.15) is 4.37 Å². The van der Waals surface area contributed by atoms with Crippen LogP contribution < -0.4 is 0 Å². The van der Waals surface area contributed by atoms with E-state index in [9.17, 15) is 0 Å². The van der Waals surface area contributed by atoms with Crippen molar-refractivity contribution in [3.8, 4) is 0 Å². The third kappa shape index (κ3) is 4.62. The van der Waals surface area contributed by atoms with Gasteiger partial charge in [-0.1, -0.05) is 62.8 Å². The Bertz CT molecular complexity index is 332. The smallest absolute Gasteiger partial charge is 0.179 e. The van der Waals surface area contributed by atoms with Gasteiger partial charge in [0, 0.05) is 18.3 Å². The predicted molar refractivity (Wildman–Crippen MR) is 69.3 cm³/mol. The molecule has 1 aromatic rings. The Kier molecular flexibility index (Phi) is 6.45. The van der Waals surface area contributed by atoms with Gasteiger partial charge in [0.05, 0.1) is 0 Å². The van der Waals surface area contributed by atoms with Crippen molar-refractivity contribution in [1.82, 2.24) is 8.33 Å². The Morgan fingerprint density at radius 2 is 1.93 bits per heavy atom. The monoisotopic (exact) mass is 264 g/mol. The van der Waals surface area contributed by atoms with Gasteiger partial charge < -0.3 is 0 Å². The summed E-state index contributed by atoms with van der Waals surface area (Å²) in [5.74, 6) is 0. The highest BCUT2D eigenvalue weighted by Gasteiger charge is 2.01. The molecule has 2 nitrogen and oxygen atoms in total. The van der Waals surface area contributed by atoms with Gasteiger partial charge in [0.25, 0.3) is 0 Å². The Hall–Kier alpha value is 0.0700. The van der Waals surface area contributed by atoms with Gasteiger partial charge in [-0.05, 0) is 6.42 Å². The van der Waals surface area contributed by atoms with Crippen molar-refractivity contribution in [2.24, 2.45) is 0 Å². The van der Waals surface area contributed by atoms with E-state index in [1.165, 1.54) is 50.3 Å². The Labute approximate surface area is 106 Å². The summed E-state index contributed by atoms with van der Waals surface area (Å²) >= 11 is 12.3. The zero-order valence-corrected chi connectivity index (χ0v) is 11.4. The summed E-state index contributed by atoms with van der Waals surface area (Å²) in [5.41, 5.74) is 0. The molecule has 0 bridgehead atoms. The maximum atomic E-state index is 5.79. The van der Waals surface area contributed by atoms with E-state index in [0.29, 0.717) is 9.79 Å². The number of unbranched alkanes of at least 4 members (excludes halogenated alkanes) is 5. The Balaban J connectivity index is 2.15. The van der Waals surface area contributed by atoms with E-state index in [4.69, 9.17) is 23.8 Å². The molecule has 0 saturated heterocycles. The summed E-state index contributed by atoms with van der Waals surface area (Å²) in [4.78, 5) is 0. The number of nitrogens with zero attached hydrogens (tertiary/aromatic N) is 2. The summed E-state index contributed by atoms with van der Waals surface area (Å²) in [6, 6.07) is 0. The van der Waals surface area contributed by atoms with Crippen LogP contribution in [0.5, 0.6) is 0 Å². The average Bonchev–Trinajstić information content (AvgIpc) is 2.54. The van der Waals surface area contributed by atoms with Gasteiger partial charge in [0.15, 0.2) is 9.79 Å². The average molecular weight is 265 g/mol. The molecular weight excluding hydrogens is 248 g/mol. The summed E-state index contributed by atoms with van der Waals surface area (Å²) in [7, 11) is 0. The second kappa shape index (κ2) is 7.36. The van der Waals surface area contributed by atoms with Gasteiger partial charge >= 0.3 is 0 Å². The normalized spacial score (nSPS) is 10.8. The lowest BCUT2D eigenvalue weighted by molar-refractivity contribution is 0.571. The summed E-state index contributed by atoms with van der Waals surface area (Å²) in [5, 5.41) is 0.473. The van der Waals surface area contributed by atoms with Crippen LogP contribution >= 0.6 is 35.5 Å². The molecule has 0 N–H and O–H groups in total. The van der Waals surface area contributed by atoms with Crippen molar-refractivity contribution < 1.29 is 0 Å². The number of hydrogen-bond donors (Lipinski definition) is 0.